The molecule has 31 heavy (non-hydrogen) atoms. The molecule has 1 aliphatic heterocycles. The fourth-order valence-corrected chi connectivity index (χ4v) is 4.75. The van der Waals surface area contributed by atoms with Crippen molar-refractivity contribution in [3.05, 3.63) is 58.0 Å². The molecule has 1 saturated heterocycles. The standard InChI is InChI=1S/C20H18ClN7O2S/c21-15-10-23-19(26-18(15)14-9-22-16-4-2-1-3-13(14)16)25-12-5-7-27(8-6-12)20-24-11-17(31-20)28(29)30/h1-4,9-12,22H,5-8H2,(H,23,25,26). The summed E-state index contributed by atoms with van der Waals surface area (Å²) in [5.41, 5.74) is 2.65. The molecule has 0 bridgehead atoms. The van der Waals surface area contributed by atoms with Gasteiger partial charge in [-0.15, -0.1) is 0 Å². The SMILES string of the molecule is O=[N+]([O-])c1cnc(N2CCC(Nc3ncc(Cl)c(-c4c[nH]c5ccccc45)n3)CC2)s1. The number of nitrogens with one attached hydrogen (secondary N) is 2. The number of nitrogens with zero attached hydrogens (tertiary/aromatic N) is 5. The molecule has 5 rings (SSSR count). The Kier molecular flexibility index (Phi) is 5.16. The molecule has 0 radical (unpaired) electrons. The third-order valence-corrected chi connectivity index (χ3v) is 6.63. The monoisotopic (exact) mass is 455 g/mol. The summed E-state index contributed by atoms with van der Waals surface area (Å²) in [4.78, 5) is 29.0. The van der Waals surface area contributed by atoms with Crippen LogP contribution in [0.25, 0.3) is 22.2 Å². The number of hydrogen-bond donors (Lipinski definition) is 2. The summed E-state index contributed by atoms with van der Waals surface area (Å²) in [5.74, 6) is 0.535. The molecule has 1 aliphatic rings. The van der Waals surface area contributed by atoms with Crippen LogP contribution >= 0.6 is 22.9 Å². The topological polar surface area (TPSA) is 113 Å². The van der Waals surface area contributed by atoms with Gasteiger partial charge in [-0.05, 0) is 30.2 Å². The number of piperidine rings is 1. The zero-order chi connectivity index (χ0) is 21.4. The summed E-state index contributed by atoms with van der Waals surface area (Å²) in [6.45, 7) is 1.51. The third-order valence-electron chi connectivity index (χ3n) is 5.35. The van der Waals surface area contributed by atoms with E-state index in [0.717, 1.165) is 53.7 Å². The number of aromatic nitrogens is 4. The summed E-state index contributed by atoms with van der Waals surface area (Å²) in [7, 11) is 0. The van der Waals surface area contributed by atoms with Gasteiger partial charge in [0.1, 0.15) is 6.20 Å². The van der Waals surface area contributed by atoms with Crippen LogP contribution in [0.5, 0.6) is 0 Å². The van der Waals surface area contributed by atoms with Crippen LogP contribution in [0.4, 0.5) is 16.1 Å². The normalized spacial score (nSPS) is 14.8. The molecule has 158 valence electrons. The second-order valence-corrected chi connectivity index (χ2v) is 8.68. The van der Waals surface area contributed by atoms with E-state index in [1.807, 2.05) is 30.5 Å². The molecule has 1 fully saturated rings. The fourth-order valence-electron chi connectivity index (χ4n) is 3.78. The van der Waals surface area contributed by atoms with Crippen LogP contribution in [0.1, 0.15) is 12.8 Å². The molecular weight excluding hydrogens is 438 g/mol. The highest BCUT2D eigenvalue weighted by Gasteiger charge is 2.24. The minimum Gasteiger partial charge on any atom is -0.360 e. The molecule has 3 aromatic heterocycles. The Balaban J connectivity index is 1.29. The lowest BCUT2D eigenvalue weighted by Crippen LogP contribution is -2.39. The van der Waals surface area contributed by atoms with Crippen LogP contribution in [0, 0.1) is 10.1 Å². The first kappa shape index (κ1) is 19.7. The lowest BCUT2D eigenvalue weighted by Gasteiger charge is -2.32. The van der Waals surface area contributed by atoms with Gasteiger partial charge in [0.05, 0.1) is 21.8 Å². The molecule has 4 heterocycles. The van der Waals surface area contributed by atoms with Gasteiger partial charge in [0, 0.05) is 41.8 Å². The Hall–Kier alpha value is -3.24. The number of anilines is 2. The van der Waals surface area contributed by atoms with Crippen molar-refractivity contribution in [3.8, 4) is 11.3 Å². The van der Waals surface area contributed by atoms with Crippen molar-refractivity contribution in [1.82, 2.24) is 19.9 Å². The van der Waals surface area contributed by atoms with Crippen LogP contribution in [-0.4, -0.2) is 44.0 Å². The first-order valence-corrected chi connectivity index (χ1v) is 11.0. The van der Waals surface area contributed by atoms with E-state index in [-0.39, 0.29) is 11.0 Å². The number of rotatable bonds is 5. The maximum Gasteiger partial charge on any atom is 0.345 e. The van der Waals surface area contributed by atoms with Gasteiger partial charge in [0.25, 0.3) is 0 Å². The largest absolute Gasteiger partial charge is 0.360 e. The number of aromatic amines is 1. The maximum atomic E-state index is 10.9. The number of fused-ring (bicyclic) bond motifs is 1. The zero-order valence-corrected chi connectivity index (χ0v) is 17.9. The Morgan fingerprint density at radius 1 is 1.23 bits per heavy atom. The molecule has 9 nitrogen and oxygen atoms in total. The van der Waals surface area contributed by atoms with Gasteiger partial charge in [0.15, 0.2) is 5.13 Å². The van der Waals surface area contributed by atoms with Gasteiger partial charge in [-0.1, -0.05) is 29.8 Å². The molecule has 0 unspecified atom stereocenters. The molecule has 1 aromatic carbocycles. The number of halogens is 1. The van der Waals surface area contributed by atoms with Crippen LogP contribution in [0.3, 0.4) is 0 Å². The average Bonchev–Trinajstić information content (AvgIpc) is 3.43. The molecule has 2 N–H and O–H groups in total. The Morgan fingerprint density at radius 2 is 2.03 bits per heavy atom. The van der Waals surface area contributed by atoms with Gasteiger partial charge in [-0.2, -0.15) is 0 Å². The smallest absolute Gasteiger partial charge is 0.345 e. The quantitative estimate of drug-likeness (QED) is 0.330. The van der Waals surface area contributed by atoms with E-state index in [1.54, 1.807) is 6.20 Å². The number of hydrogen-bond acceptors (Lipinski definition) is 8. The number of H-pyrrole nitrogens is 1. The molecule has 0 atom stereocenters. The van der Waals surface area contributed by atoms with Crippen LogP contribution in [0.2, 0.25) is 5.02 Å². The summed E-state index contributed by atoms with van der Waals surface area (Å²) in [6, 6.07) is 8.21. The van der Waals surface area contributed by atoms with Crippen molar-refractivity contribution in [3.63, 3.8) is 0 Å². The zero-order valence-electron chi connectivity index (χ0n) is 16.3. The predicted molar refractivity (Wildman–Crippen MR) is 122 cm³/mol. The number of nitro groups is 1. The van der Waals surface area contributed by atoms with Crippen molar-refractivity contribution in [2.24, 2.45) is 0 Å². The van der Waals surface area contributed by atoms with E-state index >= 15 is 0 Å². The second-order valence-electron chi connectivity index (χ2n) is 7.28. The van der Waals surface area contributed by atoms with Crippen molar-refractivity contribution in [2.75, 3.05) is 23.3 Å². The van der Waals surface area contributed by atoms with Gasteiger partial charge < -0.3 is 15.2 Å². The first-order chi connectivity index (χ1) is 15.1. The summed E-state index contributed by atoms with van der Waals surface area (Å²) in [6.07, 6.45) is 6.55. The van der Waals surface area contributed by atoms with Crippen molar-refractivity contribution in [2.45, 2.75) is 18.9 Å². The van der Waals surface area contributed by atoms with E-state index < -0.39 is 4.92 Å². The second kappa shape index (κ2) is 8.12. The lowest BCUT2D eigenvalue weighted by atomic mass is 10.1. The highest BCUT2D eigenvalue weighted by Crippen LogP contribution is 2.33. The Morgan fingerprint density at radius 3 is 2.81 bits per heavy atom. The highest BCUT2D eigenvalue weighted by molar-refractivity contribution is 7.18. The van der Waals surface area contributed by atoms with E-state index in [9.17, 15) is 10.1 Å². The van der Waals surface area contributed by atoms with Crippen LogP contribution in [0.15, 0.2) is 42.9 Å². The number of para-hydroxylation sites is 1. The minimum atomic E-state index is -0.404. The van der Waals surface area contributed by atoms with E-state index in [2.05, 4.69) is 30.2 Å². The minimum absolute atomic E-state index is 0.0645. The van der Waals surface area contributed by atoms with E-state index in [1.165, 1.54) is 6.20 Å². The summed E-state index contributed by atoms with van der Waals surface area (Å²) in [5, 5.41) is 16.6. The predicted octanol–water partition coefficient (Wildman–Crippen LogP) is 4.72. The summed E-state index contributed by atoms with van der Waals surface area (Å²) >= 11 is 7.52. The third kappa shape index (κ3) is 3.91. The first-order valence-electron chi connectivity index (χ1n) is 9.79. The van der Waals surface area contributed by atoms with Crippen LogP contribution < -0.4 is 10.2 Å². The van der Waals surface area contributed by atoms with Gasteiger partial charge >= 0.3 is 5.00 Å². The molecule has 0 amide bonds. The Bertz CT molecular complexity index is 1250. The van der Waals surface area contributed by atoms with Crippen molar-refractivity contribution in [1.29, 1.82) is 0 Å². The maximum absolute atomic E-state index is 10.9. The fraction of sp³-hybridized carbons (Fsp3) is 0.250. The summed E-state index contributed by atoms with van der Waals surface area (Å²) < 4.78 is 0. The van der Waals surface area contributed by atoms with E-state index in [0.29, 0.717) is 21.8 Å². The molecule has 0 spiro atoms. The van der Waals surface area contributed by atoms with Crippen molar-refractivity contribution < 1.29 is 4.92 Å². The van der Waals surface area contributed by atoms with Gasteiger partial charge in [-0.3, -0.25) is 10.1 Å². The molecule has 11 heteroatoms. The van der Waals surface area contributed by atoms with Gasteiger partial charge in [0.2, 0.25) is 5.95 Å². The number of thiazole rings is 1. The molecule has 0 aliphatic carbocycles. The lowest BCUT2D eigenvalue weighted by molar-refractivity contribution is -0.380. The van der Waals surface area contributed by atoms with Crippen LogP contribution in [-0.2, 0) is 0 Å². The Labute approximate surface area is 186 Å². The molecule has 4 aromatic rings. The highest BCUT2D eigenvalue weighted by atomic mass is 35.5. The molecule has 0 saturated carbocycles. The van der Waals surface area contributed by atoms with E-state index in [4.69, 9.17) is 11.6 Å². The van der Waals surface area contributed by atoms with Crippen molar-refractivity contribution >= 4 is 49.9 Å². The van der Waals surface area contributed by atoms with Gasteiger partial charge in [-0.25, -0.2) is 15.0 Å². The molecular formula is C20H18ClN7O2S. The number of benzene rings is 1. The average molecular weight is 456 g/mol.